The van der Waals surface area contributed by atoms with Crippen LogP contribution in [0.4, 0.5) is 0 Å². The van der Waals surface area contributed by atoms with Crippen LogP contribution in [0, 0.1) is 0 Å². The largest absolute Gasteiger partial charge is 0.333 e. The van der Waals surface area contributed by atoms with Crippen molar-refractivity contribution >= 4 is 23.6 Å². The molecule has 0 aromatic rings. The van der Waals surface area contributed by atoms with E-state index in [9.17, 15) is 19.2 Å². The minimum absolute atomic E-state index is 0.248. The molecule has 0 saturated carbocycles. The van der Waals surface area contributed by atoms with Gasteiger partial charge in [0.15, 0.2) is 0 Å². The Bertz CT molecular complexity index is 343. The van der Waals surface area contributed by atoms with Crippen LogP contribution in [0.3, 0.4) is 0 Å². The number of hydroxylamine groups is 4. The molecule has 13 nitrogen and oxygen atoms in total. The lowest BCUT2D eigenvalue weighted by atomic mass is 10.4. The van der Waals surface area contributed by atoms with Gasteiger partial charge >= 0.3 is 0 Å². The Labute approximate surface area is 318 Å². The van der Waals surface area contributed by atoms with Crippen molar-refractivity contribution in [2.24, 2.45) is 28.7 Å². The van der Waals surface area contributed by atoms with Crippen molar-refractivity contribution in [3.8, 4) is 0 Å². The molecule has 10 N–H and O–H groups in total. The Balaban J connectivity index is -0.0000000188. The average Bonchev–Trinajstić information content (AvgIpc) is 3.80. The third-order valence-corrected chi connectivity index (χ3v) is 2.38. The molecule has 0 unspecified atom stereocenters. The summed E-state index contributed by atoms with van der Waals surface area (Å²) in [5, 5.41) is 1.58. The maximum absolute atomic E-state index is 10.6. The third-order valence-electron chi connectivity index (χ3n) is 2.38. The van der Waals surface area contributed by atoms with E-state index < -0.39 is 0 Å². The fraction of sp³-hybridized carbons (Fsp3) is 0.892. The number of hydrogen-bond donors (Lipinski definition) is 5. The standard InChI is InChI=1S/2C5H7NO3.11C2H6.5CH5N/c2*1-9-6-4(7)2-3-5(6)8;16*1-2/h2*2-3H2,1H3;11*1-2H3;5*2H2,1H3. The molecule has 2 saturated heterocycles. The maximum Gasteiger partial charge on any atom is 0.253 e. The van der Waals surface area contributed by atoms with Crippen LogP contribution in [0.25, 0.3) is 0 Å². The zero-order chi connectivity index (χ0) is 45.7. The normalized spacial score (nSPS) is 8.92. The van der Waals surface area contributed by atoms with Crippen molar-refractivity contribution in [2.45, 2.75) is 178 Å². The van der Waals surface area contributed by atoms with Gasteiger partial charge in [0.2, 0.25) is 0 Å². The van der Waals surface area contributed by atoms with Crippen molar-refractivity contribution in [1.82, 2.24) is 10.1 Å². The van der Waals surface area contributed by atoms with Crippen molar-refractivity contribution in [3.05, 3.63) is 0 Å². The van der Waals surface area contributed by atoms with E-state index in [1.807, 2.05) is 152 Å². The van der Waals surface area contributed by atoms with Crippen LogP contribution >= 0.6 is 0 Å². The third kappa shape index (κ3) is 119. The van der Waals surface area contributed by atoms with E-state index in [1.165, 1.54) is 49.5 Å². The molecular weight excluding hydrogens is 638 g/mol. The Morgan fingerprint density at radius 3 is 0.420 bits per heavy atom. The topological polar surface area (TPSA) is 223 Å². The first kappa shape index (κ1) is 104. The van der Waals surface area contributed by atoms with E-state index in [-0.39, 0.29) is 49.3 Å². The van der Waals surface area contributed by atoms with Crippen LogP contribution in [-0.4, -0.2) is 83.2 Å². The van der Waals surface area contributed by atoms with Crippen LogP contribution in [0.15, 0.2) is 0 Å². The highest BCUT2D eigenvalue weighted by molar-refractivity contribution is 6.01. The molecule has 0 bridgehead atoms. The van der Waals surface area contributed by atoms with Crippen molar-refractivity contribution in [2.75, 3.05) is 49.5 Å². The molecule has 0 aromatic carbocycles. The second kappa shape index (κ2) is 205. The van der Waals surface area contributed by atoms with E-state index in [0.717, 1.165) is 10.1 Å². The van der Waals surface area contributed by atoms with Gasteiger partial charge in [0.1, 0.15) is 0 Å². The number of nitrogens with zero attached hydrogens (tertiary/aromatic N) is 2. The number of carbonyl (C=O) groups is 4. The molecule has 0 aromatic heterocycles. The number of hydrogen-bond acceptors (Lipinski definition) is 11. The number of carbonyl (C=O) groups excluding carboxylic acids is 4. The molecule has 50 heavy (non-hydrogen) atoms. The van der Waals surface area contributed by atoms with Gasteiger partial charge in [0.25, 0.3) is 23.6 Å². The van der Waals surface area contributed by atoms with E-state index in [0.29, 0.717) is 0 Å². The molecule has 0 spiro atoms. The Morgan fingerprint density at radius 1 is 0.300 bits per heavy atom. The molecule has 4 amide bonds. The SMILES string of the molecule is CC.CC.CC.CC.CC.CC.CC.CC.CC.CC.CC.CN.CN.CN.CN.CN.CON1C(=O)CCC1=O.CON1C(=O)CCC1=O. The van der Waals surface area contributed by atoms with Crippen LogP contribution < -0.4 is 28.7 Å². The van der Waals surface area contributed by atoms with Gasteiger partial charge in [-0.1, -0.05) is 152 Å². The summed E-state index contributed by atoms with van der Waals surface area (Å²) in [5.74, 6) is -0.991. The quantitative estimate of drug-likeness (QED) is 0.168. The predicted octanol–water partition coefficient (Wildman–Crippen LogP) is 8.56. The average molecular weight is 744 g/mol. The van der Waals surface area contributed by atoms with Crippen molar-refractivity contribution in [1.29, 1.82) is 0 Å². The number of rotatable bonds is 2. The molecule has 0 radical (unpaired) electrons. The summed E-state index contributed by atoms with van der Waals surface area (Å²) < 4.78 is 0. The van der Waals surface area contributed by atoms with Gasteiger partial charge < -0.3 is 28.7 Å². The molecule has 0 atom stereocenters. The monoisotopic (exact) mass is 744 g/mol. The zero-order valence-electron chi connectivity index (χ0n) is 40.1. The summed E-state index contributed by atoms with van der Waals surface area (Å²) in [4.78, 5) is 51.3. The first-order chi connectivity index (χ1) is 24.5. The van der Waals surface area contributed by atoms with Gasteiger partial charge in [-0.05, 0) is 35.2 Å². The lowest BCUT2D eigenvalue weighted by Crippen LogP contribution is -2.27. The fourth-order valence-corrected chi connectivity index (χ4v) is 1.52. The second-order valence-electron chi connectivity index (χ2n) is 3.53. The number of amides is 4. The Kier molecular flexibility index (Phi) is 426. The highest BCUT2D eigenvalue weighted by atomic mass is 16.7. The molecule has 2 rings (SSSR count). The van der Waals surface area contributed by atoms with Crippen LogP contribution in [0.5, 0.6) is 0 Å². The van der Waals surface area contributed by atoms with Crippen molar-refractivity contribution < 1.29 is 28.9 Å². The number of nitrogens with two attached hydrogens (primary N) is 5. The van der Waals surface area contributed by atoms with Gasteiger partial charge in [-0.15, -0.1) is 0 Å². The minimum atomic E-state index is -0.248. The predicted molar refractivity (Wildman–Crippen MR) is 232 cm³/mol. The summed E-state index contributed by atoms with van der Waals surface area (Å²) in [6.45, 7) is 44.0. The van der Waals surface area contributed by atoms with Gasteiger partial charge in [0, 0.05) is 25.7 Å². The summed E-state index contributed by atoms with van der Waals surface area (Å²) in [6, 6.07) is 0. The first-order valence-electron chi connectivity index (χ1n) is 19.2. The van der Waals surface area contributed by atoms with E-state index >= 15 is 0 Å². The van der Waals surface area contributed by atoms with Gasteiger partial charge in [-0.2, -0.15) is 10.1 Å². The minimum Gasteiger partial charge on any atom is -0.333 e. The van der Waals surface area contributed by atoms with Gasteiger partial charge in [-0.25, -0.2) is 0 Å². The lowest BCUT2D eigenvalue weighted by Gasteiger charge is -2.07. The summed E-state index contributed by atoms with van der Waals surface area (Å²) in [7, 11) is 10.1. The molecular formula is C37H105N7O6. The second-order valence-corrected chi connectivity index (χ2v) is 3.53. The Hall–Kier alpha value is -2.00. The summed E-state index contributed by atoms with van der Waals surface area (Å²) in [6.07, 6.45) is 1.14. The molecule has 2 heterocycles. The maximum atomic E-state index is 10.6. The summed E-state index contributed by atoms with van der Waals surface area (Å²) in [5.41, 5.74) is 22.5. The molecule has 324 valence electrons. The highest BCUT2D eigenvalue weighted by Gasteiger charge is 2.29. The number of imide groups is 2. The van der Waals surface area contributed by atoms with E-state index in [2.05, 4.69) is 38.3 Å². The van der Waals surface area contributed by atoms with Gasteiger partial charge in [0.05, 0.1) is 14.2 Å². The van der Waals surface area contributed by atoms with Crippen LogP contribution in [0.2, 0.25) is 0 Å². The highest BCUT2D eigenvalue weighted by Crippen LogP contribution is 2.10. The Morgan fingerprint density at radius 2 is 0.380 bits per heavy atom. The lowest BCUT2D eigenvalue weighted by molar-refractivity contribution is -0.180. The van der Waals surface area contributed by atoms with E-state index in [4.69, 9.17) is 0 Å². The molecule has 2 aliphatic rings. The summed E-state index contributed by atoms with van der Waals surface area (Å²) >= 11 is 0. The first-order valence-corrected chi connectivity index (χ1v) is 19.2. The molecule has 13 heteroatoms. The van der Waals surface area contributed by atoms with E-state index in [1.54, 1.807) is 0 Å². The smallest absolute Gasteiger partial charge is 0.253 e. The van der Waals surface area contributed by atoms with Crippen LogP contribution in [0.1, 0.15) is 178 Å². The van der Waals surface area contributed by atoms with Crippen LogP contribution in [-0.2, 0) is 28.9 Å². The molecule has 2 aliphatic heterocycles. The zero-order valence-corrected chi connectivity index (χ0v) is 40.1. The van der Waals surface area contributed by atoms with Gasteiger partial charge in [-0.3, -0.25) is 28.9 Å². The molecule has 2 fully saturated rings. The molecule has 0 aliphatic carbocycles. The van der Waals surface area contributed by atoms with Crippen molar-refractivity contribution in [3.63, 3.8) is 0 Å². The fourth-order valence-electron chi connectivity index (χ4n) is 1.52.